The van der Waals surface area contributed by atoms with Crippen molar-refractivity contribution in [1.82, 2.24) is 0 Å². The van der Waals surface area contributed by atoms with E-state index >= 15 is 0 Å². The summed E-state index contributed by atoms with van der Waals surface area (Å²) in [5.41, 5.74) is 0.0557. The number of halogens is 3. The second-order valence-corrected chi connectivity index (χ2v) is 3.79. The maximum atomic E-state index is 11.8. The van der Waals surface area contributed by atoms with Gasteiger partial charge in [-0.1, -0.05) is 0 Å². The van der Waals surface area contributed by atoms with Gasteiger partial charge in [0.1, 0.15) is 24.7 Å². The SMILES string of the molecule is COc1ccc(OCCOCC(F)(F)F)c(B(O)O)c1. The molecule has 0 aliphatic rings. The molecule has 0 spiro atoms. The highest BCUT2D eigenvalue weighted by Crippen LogP contribution is 2.16. The average molecular weight is 294 g/mol. The van der Waals surface area contributed by atoms with Crippen LogP contribution in [-0.4, -0.2) is 50.3 Å². The van der Waals surface area contributed by atoms with Crippen LogP contribution in [0, 0.1) is 0 Å². The number of hydrogen-bond donors (Lipinski definition) is 2. The Morgan fingerprint density at radius 3 is 2.45 bits per heavy atom. The van der Waals surface area contributed by atoms with Crippen LogP contribution in [0.15, 0.2) is 18.2 Å². The van der Waals surface area contributed by atoms with E-state index in [1.165, 1.54) is 25.3 Å². The lowest BCUT2D eigenvalue weighted by Gasteiger charge is -2.13. The minimum atomic E-state index is -4.38. The van der Waals surface area contributed by atoms with Crippen LogP contribution in [0.25, 0.3) is 0 Å². The van der Waals surface area contributed by atoms with E-state index in [-0.39, 0.29) is 24.4 Å². The number of hydrogen-bond acceptors (Lipinski definition) is 5. The van der Waals surface area contributed by atoms with E-state index in [0.29, 0.717) is 5.75 Å². The third kappa shape index (κ3) is 5.68. The van der Waals surface area contributed by atoms with Crippen LogP contribution < -0.4 is 14.9 Å². The van der Waals surface area contributed by atoms with E-state index in [2.05, 4.69) is 4.74 Å². The predicted octanol–water partition coefficient (Wildman–Crippen LogP) is 0.333. The van der Waals surface area contributed by atoms with Gasteiger partial charge < -0.3 is 24.3 Å². The first-order valence-electron chi connectivity index (χ1n) is 5.65. The summed E-state index contributed by atoms with van der Waals surface area (Å²) in [4.78, 5) is 0. The first-order valence-corrected chi connectivity index (χ1v) is 5.65. The van der Waals surface area contributed by atoms with Gasteiger partial charge in [0.05, 0.1) is 13.7 Å². The molecule has 5 nitrogen and oxygen atoms in total. The van der Waals surface area contributed by atoms with Gasteiger partial charge in [0.15, 0.2) is 0 Å². The Labute approximate surface area is 114 Å². The summed E-state index contributed by atoms with van der Waals surface area (Å²) < 4.78 is 49.9. The smallest absolute Gasteiger partial charge is 0.492 e. The van der Waals surface area contributed by atoms with Crippen molar-refractivity contribution in [1.29, 1.82) is 0 Å². The van der Waals surface area contributed by atoms with Crippen LogP contribution in [0.3, 0.4) is 0 Å². The number of alkyl halides is 3. The summed E-state index contributed by atoms with van der Waals surface area (Å²) in [7, 11) is -0.370. The Morgan fingerprint density at radius 1 is 1.20 bits per heavy atom. The third-order valence-electron chi connectivity index (χ3n) is 2.25. The fourth-order valence-corrected chi connectivity index (χ4v) is 1.39. The quantitative estimate of drug-likeness (QED) is 0.560. The van der Waals surface area contributed by atoms with Gasteiger partial charge in [-0.2, -0.15) is 13.2 Å². The summed E-state index contributed by atoms with van der Waals surface area (Å²) in [5, 5.41) is 18.3. The van der Waals surface area contributed by atoms with Gasteiger partial charge in [-0.05, 0) is 18.2 Å². The first kappa shape index (κ1) is 16.6. The maximum Gasteiger partial charge on any atom is 0.492 e. The second kappa shape index (κ2) is 7.37. The highest BCUT2D eigenvalue weighted by atomic mass is 19.4. The van der Waals surface area contributed by atoms with Gasteiger partial charge in [-0.25, -0.2) is 0 Å². The molecule has 0 aromatic heterocycles. The summed E-state index contributed by atoms with van der Waals surface area (Å²) in [6.07, 6.45) is -4.38. The molecule has 0 amide bonds. The molecule has 0 saturated carbocycles. The summed E-state index contributed by atoms with van der Waals surface area (Å²) in [6, 6.07) is 4.31. The Morgan fingerprint density at radius 2 is 1.90 bits per heavy atom. The van der Waals surface area contributed by atoms with Gasteiger partial charge in [0, 0.05) is 5.46 Å². The van der Waals surface area contributed by atoms with Crippen molar-refractivity contribution in [2.45, 2.75) is 6.18 Å². The molecular formula is C11H14BF3O5. The van der Waals surface area contributed by atoms with E-state index in [9.17, 15) is 23.2 Å². The van der Waals surface area contributed by atoms with E-state index < -0.39 is 19.9 Å². The molecule has 1 aromatic carbocycles. The van der Waals surface area contributed by atoms with Crippen molar-refractivity contribution in [3.63, 3.8) is 0 Å². The largest absolute Gasteiger partial charge is 0.497 e. The van der Waals surface area contributed by atoms with Gasteiger partial charge in [-0.3, -0.25) is 0 Å². The van der Waals surface area contributed by atoms with Crippen LogP contribution in [-0.2, 0) is 4.74 Å². The lowest BCUT2D eigenvalue weighted by Crippen LogP contribution is -2.32. The van der Waals surface area contributed by atoms with Crippen molar-refractivity contribution in [3.05, 3.63) is 18.2 Å². The third-order valence-corrected chi connectivity index (χ3v) is 2.25. The van der Waals surface area contributed by atoms with Crippen LogP contribution in [0.4, 0.5) is 13.2 Å². The highest BCUT2D eigenvalue weighted by molar-refractivity contribution is 6.59. The number of benzene rings is 1. The zero-order valence-electron chi connectivity index (χ0n) is 10.7. The molecule has 0 heterocycles. The standard InChI is InChI=1S/C11H14BF3O5/c1-18-8-2-3-10(9(6-8)12(16)17)20-5-4-19-7-11(13,14)15/h2-3,6,16-17H,4-5,7H2,1H3. The van der Waals surface area contributed by atoms with Crippen LogP contribution in [0.5, 0.6) is 11.5 Å². The Kier molecular flexibility index (Phi) is 6.12. The number of ether oxygens (including phenoxy) is 3. The molecule has 0 fully saturated rings. The van der Waals surface area contributed by atoms with Crippen molar-refractivity contribution in [2.24, 2.45) is 0 Å². The number of methoxy groups -OCH3 is 1. The average Bonchev–Trinajstić information content (AvgIpc) is 2.37. The van der Waals surface area contributed by atoms with E-state index in [1.807, 2.05) is 0 Å². The minimum Gasteiger partial charge on any atom is -0.497 e. The fraction of sp³-hybridized carbons (Fsp3) is 0.455. The molecule has 0 bridgehead atoms. The lowest BCUT2D eigenvalue weighted by atomic mass is 9.79. The Balaban J connectivity index is 2.51. The summed E-state index contributed by atoms with van der Waals surface area (Å²) in [6.45, 7) is -1.77. The van der Waals surface area contributed by atoms with Crippen molar-refractivity contribution >= 4 is 12.6 Å². The molecular weight excluding hydrogens is 280 g/mol. The maximum absolute atomic E-state index is 11.8. The van der Waals surface area contributed by atoms with E-state index in [1.54, 1.807) is 0 Å². The molecule has 9 heteroatoms. The molecule has 1 rings (SSSR count). The molecule has 0 saturated heterocycles. The molecule has 0 radical (unpaired) electrons. The van der Waals surface area contributed by atoms with Crippen molar-refractivity contribution < 1.29 is 37.4 Å². The molecule has 20 heavy (non-hydrogen) atoms. The molecule has 2 N–H and O–H groups in total. The second-order valence-electron chi connectivity index (χ2n) is 3.79. The zero-order valence-corrected chi connectivity index (χ0v) is 10.7. The fourth-order valence-electron chi connectivity index (χ4n) is 1.39. The molecule has 0 atom stereocenters. The number of rotatable bonds is 7. The Hall–Kier alpha value is -1.45. The molecule has 1 aromatic rings. The Bertz CT molecular complexity index is 425. The van der Waals surface area contributed by atoms with Crippen LogP contribution in [0.2, 0.25) is 0 Å². The zero-order chi connectivity index (χ0) is 15.2. The van der Waals surface area contributed by atoms with Crippen LogP contribution in [0.1, 0.15) is 0 Å². The van der Waals surface area contributed by atoms with E-state index in [4.69, 9.17) is 9.47 Å². The van der Waals surface area contributed by atoms with Gasteiger partial charge in [0.2, 0.25) is 0 Å². The predicted molar refractivity (Wildman–Crippen MR) is 65.2 cm³/mol. The highest BCUT2D eigenvalue weighted by Gasteiger charge is 2.27. The van der Waals surface area contributed by atoms with Crippen LogP contribution >= 0.6 is 0 Å². The monoisotopic (exact) mass is 294 g/mol. The van der Waals surface area contributed by atoms with Crippen molar-refractivity contribution in [2.75, 3.05) is 26.9 Å². The van der Waals surface area contributed by atoms with Crippen molar-refractivity contribution in [3.8, 4) is 11.5 Å². The van der Waals surface area contributed by atoms with Gasteiger partial charge in [-0.15, -0.1) is 0 Å². The normalized spacial score (nSPS) is 11.3. The lowest BCUT2D eigenvalue weighted by molar-refractivity contribution is -0.175. The topological polar surface area (TPSA) is 68.2 Å². The van der Waals surface area contributed by atoms with E-state index in [0.717, 1.165) is 0 Å². The molecule has 112 valence electrons. The molecule has 0 aliphatic carbocycles. The van der Waals surface area contributed by atoms with Gasteiger partial charge >= 0.3 is 13.3 Å². The van der Waals surface area contributed by atoms with Gasteiger partial charge in [0.25, 0.3) is 0 Å². The summed E-state index contributed by atoms with van der Waals surface area (Å²) >= 11 is 0. The first-order chi connectivity index (χ1) is 9.33. The molecule has 0 aliphatic heterocycles. The minimum absolute atomic E-state index is 0.0557. The molecule has 0 unspecified atom stereocenters. The summed E-state index contributed by atoms with van der Waals surface area (Å²) in [5.74, 6) is 0.533.